The van der Waals surface area contributed by atoms with E-state index in [0.29, 0.717) is 5.69 Å². The molecule has 1 aromatic heterocycles. The molecule has 2 bridgehead atoms. The zero-order valence-corrected chi connectivity index (χ0v) is 18.5. The maximum absolute atomic E-state index is 12.3. The highest BCUT2D eigenvalue weighted by Crippen LogP contribution is 2.39. The summed E-state index contributed by atoms with van der Waals surface area (Å²) >= 11 is 0. The average Bonchev–Trinajstić information content (AvgIpc) is 3.41. The first-order chi connectivity index (χ1) is 15.7. The molecule has 0 radical (unpaired) electrons. The number of carbonyl (C=O) groups is 3. The molecule has 14 heteroatoms. The van der Waals surface area contributed by atoms with E-state index in [1.165, 1.54) is 7.11 Å². The van der Waals surface area contributed by atoms with Crippen molar-refractivity contribution in [3.63, 3.8) is 0 Å². The largest absolute Gasteiger partial charge is 0.467 e. The van der Waals surface area contributed by atoms with Gasteiger partial charge >= 0.3 is 5.97 Å². The second-order valence-electron chi connectivity index (χ2n) is 8.29. The summed E-state index contributed by atoms with van der Waals surface area (Å²) < 4.78 is 35.3. The van der Waals surface area contributed by atoms with Gasteiger partial charge in [-0.25, -0.2) is 9.48 Å². The van der Waals surface area contributed by atoms with E-state index >= 15 is 0 Å². The Morgan fingerprint density at radius 3 is 2.82 bits per heavy atom. The van der Waals surface area contributed by atoms with E-state index in [1.807, 2.05) is 0 Å². The fraction of sp³-hybridized carbons (Fsp3) is 0.737. The molecule has 0 spiro atoms. The van der Waals surface area contributed by atoms with Crippen molar-refractivity contribution in [2.75, 3.05) is 26.9 Å². The average molecular weight is 469 g/mol. The zero-order chi connectivity index (χ0) is 23.6. The lowest BCUT2D eigenvalue weighted by atomic mass is 10.1. The van der Waals surface area contributed by atoms with Gasteiger partial charge in [0, 0.05) is 0 Å². The number of nitrogens with one attached hydrogen (secondary N) is 2. The van der Waals surface area contributed by atoms with E-state index in [0.717, 1.165) is 0 Å². The first-order valence-electron chi connectivity index (χ1n) is 10.5. The second kappa shape index (κ2) is 9.69. The standard InChI is InChI=1S/C19H27N5O9/c1-19(2)32-16-15-12(31-18(16)33-19)6-24-5-10(22-23-24)7-29-8-11(17(27)28-3)21-13(25)4-20-14(26)9-30-15/h5,11-12,15-16,18H,4,6-9H2,1-3H3,(H,20,26)(H,21,25)/t11-,12+,15-,16+,18+/m0/s1. The molecule has 3 aliphatic rings. The SMILES string of the molecule is COC(=O)[C@@H]1COCc2cn(nn2)C[C@H]2O[C@@H]3OC(C)(C)O[C@@H]3[C@H]2OCC(=O)NCC(=O)N1. The first kappa shape index (κ1) is 23.5. The van der Waals surface area contributed by atoms with Gasteiger partial charge in [0.1, 0.15) is 30.6 Å². The summed E-state index contributed by atoms with van der Waals surface area (Å²) in [6, 6.07) is -1.05. The van der Waals surface area contributed by atoms with Crippen LogP contribution in [0.4, 0.5) is 0 Å². The Hall–Kier alpha value is -2.65. The summed E-state index contributed by atoms with van der Waals surface area (Å²) in [5.41, 5.74) is 0.510. The number of hydrogen-bond acceptors (Lipinski definition) is 11. The molecule has 0 unspecified atom stereocenters. The van der Waals surface area contributed by atoms with Gasteiger partial charge in [0.2, 0.25) is 11.8 Å². The number of carbonyl (C=O) groups excluding carboxylic acids is 3. The molecule has 182 valence electrons. The molecule has 1 aromatic rings. The molecular weight excluding hydrogens is 442 g/mol. The van der Waals surface area contributed by atoms with Crippen LogP contribution in [0.1, 0.15) is 19.5 Å². The van der Waals surface area contributed by atoms with Gasteiger partial charge in [0.05, 0.1) is 39.6 Å². The molecule has 2 amide bonds. The highest BCUT2D eigenvalue weighted by molar-refractivity contribution is 5.88. The van der Waals surface area contributed by atoms with E-state index in [9.17, 15) is 14.4 Å². The van der Waals surface area contributed by atoms with Gasteiger partial charge in [-0.2, -0.15) is 0 Å². The van der Waals surface area contributed by atoms with Crippen molar-refractivity contribution < 1.29 is 42.8 Å². The van der Waals surface area contributed by atoms with Crippen LogP contribution in [-0.2, 0) is 56.0 Å². The predicted molar refractivity (Wildman–Crippen MR) is 105 cm³/mol. The highest BCUT2D eigenvalue weighted by atomic mass is 16.8. The molecule has 2 N–H and O–H groups in total. The molecule has 33 heavy (non-hydrogen) atoms. The predicted octanol–water partition coefficient (Wildman–Crippen LogP) is -2.16. The van der Waals surface area contributed by atoms with Gasteiger partial charge in [-0.15, -0.1) is 5.10 Å². The lowest BCUT2D eigenvalue weighted by molar-refractivity contribution is -0.219. The van der Waals surface area contributed by atoms with E-state index in [1.54, 1.807) is 24.7 Å². The first-order valence-corrected chi connectivity index (χ1v) is 10.5. The molecule has 0 aliphatic carbocycles. The number of ether oxygens (including phenoxy) is 6. The van der Waals surface area contributed by atoms with Crippen LogP contribution in [0.2, 0.25) is 0 Å². The van der Waals surface area contributed by atoms with Gasteiger partial charge in [-0.05, 0) is 13.8 Å². The molecule has 4 rings (SSSR count). The van der Waals surface area contributed by atoms with Crippen molar-refractivity contribution in [3.8, 4) is 0 Å². The molecule has 0 saturated carbocycles. The van der Waals surface area contributed by atoms with Crippen molar-refractivity contribution in [1.82, 2.24) is 25.6 Å². The van der Waals surface area contributed by atoms with Crippen LogP contribution < -0.4 is 10.6 Å². The Balaban J connectivity index is 1.50. The number of amides is 2. The number of nitrogens with zero attached hydrogens (tertiary/aromatic N) is 3. The fourth-order valence-electron chi connectivity index (χ4n) is 3.81. The minimum Gasteiger partial charge on any atom is -0.467 e. The molecule has 14 nitrogen and oxygen atoms in total. The Kier molecular flexibility index (Phi) is 6.90. The maximum Gasteiger partial charge on any atom is 0.330 e. The third kappa shape index (κ3) is 5.65. The second-order valence-corrected chi connectivity index (χ2v) is 8.29. The number of fused-ring (bicyclic) bond motifs is 5. The summed E-state index contributed by atoms with van der Waals surface area (Å²) in [6.07, 6.45) is -0.690. The van der Waals surface area contributed by atoms with Gasteiger partial charge in [-0.1, -0.05) is 5.21 Å². The highest BCUT2D eigenvalue weighted by Gasteiger charge is 2.55. The van der Waals surface area contributed by atoms with Crippen molar-refractivity contribution in [3.05, 3.63) is 11.9 Å². The van der Waals surface area contributed by atoms with Crippen molar-refractivity contribution in [2.24, 2.45) is 0 Å². The summed E-state index contributed by atoms with van der Waals surface area (Å²) in [6.45, 7) is 3.01. The van der Waals surface area contributed by atoms with Crippen LogP contribution in [0.5, 0.6) is 0 Å². The van der Waals surface area contributed by atoms with Crippen LogP contribution in [0.15, 0.2) is 6.20 Å². The fourth-order valence-corrected chi connectivity index (χ4v) is 3.81. The topological polar surface area (TPSA) is 161 Å². The minimum absolute atomic E-state index is 0.0528. The van der Waals surface area contributed by atoms with Crippen LogP contribution in [0.25, 0.3) is 0 Å². The number of rotatable bonds is 1. The normalized spacial score (nSPS) is 32.8. The summed E-state index contributed by atoms with van der Waals surface area (Å²) in [7, 11) is 1.20. The Morgan fingerprint density at radius 1 is 1.21 bits per heavy atom. The summed E-state index contributed by atoms with van der Waals surface area (Å²) in [5, 5.41) is 13.0. The molecule has 0 aromatic carbocycles. The van der Waals surface area contributed by atoms with Gasteiger partial charge in [0.25, 0.3) is 0 Å². The molecule has 3 aliphatic heterocycles. The van der Waals surface area contributed by atoms with Crippen LogP contribution in [-0.4, -0.2) is 96.1 Å². The number of hydrogen-bond donors (Lipinski definition) is 2. The summed E-state index contributed by atoms with van der Waals surface area (Å²) in [4.78, 5) is 36.4. The molecular formula is C19H27N5O9. The smallest absolute Gasteiger partial charge is 0.330 e. The van der Waals surface area contributed by atoms with Gasteiger partial charge in [0.15, 0.2) is 18.1 Å². The minimum atomic E-state index is -1.05. The van der Waals surface area contributed by atoms with Crippen LogP contribution in [0.3, 0.4) is 0 Å². The molecule has 2 saturated heterocycles. The van der Waals surface area contributed by atoms with Crippen molar-refractivity contribution in [1.29, 1.82) is 0 Å². The lowest BCUT2D eigenvalue weighted by Crippen LogP contribution is -2.48. The number of aromatic nitrogens is 3. The Bertz CT molecular complexity index is 891. The number of esters is 1. The molecule has 5 atom stereocenters. The third-order valence-electron chi connectivity index (χ3n) is 5.25. The summed E-state index contributed by atoms with van der Waals surface area (Å²) in [5.74, 6) is -2.65. The van der Waals surface area contributed by atoms with E-state index in [-0.39, 0.29) is 32.9 Å². The number of methoxy groups -OCH3 is 1. The van der Waals surface area contributed by atoms with Crippen molar-refractivity contribution in [2.45, 2.75) is 63.4 Å². The Morgan fingerprint density at radius 2 is 2.03 bits per heavy atom. The van der Waals surface area contributed by atoms with Crippen LogP contribution >= 0.6 is 0 Å². The van der Waals surface area contributed by atoms with E-state index < -0.39 is 54.2 Å². The quantitative estimate of drug-likeness (QED) is 0.431. The van der Waals surface area contributed by atoms with Crippen molar-refractivity contribution >= 4 is 17.8 Å². The molecule has 2 fully saturated rings. The van der Waals surface area contributed by atoms with E-state index in [4.69, 9.17) is 28.4 Å². The Labute approximate surface area is 189 Å². The third-order valence-corrected chi connectivity index (χ3v) is 5.25. The lowest BCUT2D eigenvalue weighted by Gasteiger charge is -2.25. The van der Waals surface area contributed by atoms with Gasteiger partial charge < -0.3 is 39.1 Å². The van der Waals surface area contributed by atoms with Crippen LogP contribution in [0, 0.1) is 0 Å². The zero-order valence-electron chi connectivity index (χ0n) is 18.5. The van der Waals surface area contributed by atoms with E-state index in [2.05, 4.69) is 20.9 Å². The van der Waals surface area contributed by atoms with Gasteiger partial charge in [-0.3, -0.25) is 9.59 Å². The maximum atomic E-state index is 12.3. The monoisotopic (exact) mass is 469 g/mol. The molecule has 4 heterocycles.